The fourth-order valence-electron chi connectivity index (χ4n) is 4.04. The van der Waals surface area contributed by atoms with Gasteiger partial charge in [0.1, 0.15) is 11.8 Å². The maximum absolute atomic E-state index is 13.5. The molecule has 4 aromatic rings. The van der Waals surface area contributed by atoms with Gasteiger partial charge in [0, 0.05) is 16.9 Å². The average Bonchev–Trinajstić information content (AvgIpc) is 3.27. The molecule has 0 radical (unpaired) electrons. The van der Waals surface area contributed by atoms with Gasteiger partial charge in [-0.15, -0.1) is 5.10 Å². The number of fused-ring (bicyclic) bond motifs is 1. The summed E-state index contributed by atoms with van der Waals surface area (Å²) < 4.78 is 7.17. The van der Waals surface area contributed by atoms with Crippen LogP contribution < -0.4 is 15.4 Å². The maximum atomic E-state index is 13.5. The van der Waals surface area contributed by atoms with Gasteiger partial charge >= 0.3 is 0 Å². The Bertz CT molecular complexity index is 1400. The third kappa shape index (κ3) is 4.02. The summed E-state index contributed by atoms with van der Waals surface area (Å²) in [7, 11) is 1.61. The van der Waals surface area contributed by atoms with Crippen LogP contribution in [-0.4, -0.2) is 27.8 Å². The van der Waals surface area contributed by atoms with Crippen molar-refractivity contribution in [2.75, 3.05) is 17.7 Å². The number of halogens is 1. The standard InChI is InChI=1S/C26H22ClN5O2/c1-16-22(25(33)29-18-10-4-3-5-11-18)23(17-9-8-12-19(15-17)34-2)32-26(28-16)30-24(31-32)20-13-6-7-14-21(20)27/h3-15,23H,1-2H3,(H,29,33)(H,28,30,31). The quantitative estimate of drug-likeness (QED) is 0.399. The summed E-state index contributed by atoms with van der Waals surface area (Å²) >= 11 is 6.41. The predicted octanol–water partition coefficient (Wildman–Crippen LogP) is 5.53. The van der Waals surface area contributed by atoms with Gasteiger partial charge in [-0.3, -0.25) is 4.79 Å². The minimum absolute atomic E-state index is 0.232. The summed E-state index contributed by atoms with van der Waals surface area (Å²) in [6, 6.07) is 23.8. The SMILES string of the molecule is COc1cccc(C2C(C(=O)Nc3ccccc3)=C(C)Nc3nc(-c4ccccc4Cl)nn32)c1. The van der Waals surface area contributed by atoms with Crippen LogP contribution in [0.4, 0.5) is 11.6 Å². The number of carbonyl (C=O) groups excluding carboxylic acids is 1. The number of anilines is 2. The Hall–Kier alpha value is -4.10. The smallest absolute Gasteiger partial charge is 0.255 e. The Balaban J connectivity index is 1.63. The number of hydrogen-bond acceptors (Lipinski definition) is 5. The molecule has 1 atom stereocenters. The fraction of sp³-hybridized carbons (Fsp3) is 0.115. The van der Waals surface area contributed by atoms with E-state index in [2.05, 4.69) is 15.6 Å². The number of hydrogen-bond donors (Lipinski definition) is 2. The predicted molar refractivity (Wildman–Crippen MR) is 133 cm³/mol. The highest BCUT2D eigenvalue weighted by molar-refractivity contribution is 6.33. The van der Waals surface area contributed by atoms with Crippen molar-refractivity contribution in [1.82, 2.24) is 14.8 Å². The second-order valence-electron chi connectivity index (χ2n) is 7.85. The molecule has 1 aliphatic rings. The highest BCUT2D eigenvalue weighted by atomic mass is 35.5. The number of para-hydroxylation sites is 1. The number of carbonyl (C=O) groups is 1. The van der Waals surface area contributed by atoms with Crippen LogP contribution in [0.1, 0.15) is 18.5 Å². The Morgan fingerprint density at radius 2 is 1.82 bits per heavy atom. The van der Waals surface area contributed by atoms with Crippen molar-refractivity contribution in [3.63, 3.8) is 0 Å². The number of benzene rings is 3. The number of amides is 1. The van der Waals surface area contributed by atoms with Crippen LogP contribution in [0.15, 0.2) is 90.1 Å². The summed E-state index contributed by atoms with van der Waals surface area (Å²) in [5, 5.41) is 11.6. The summed E-state index contributed by atoms with van der Waals surface area (Å²) in [6.45, 7) is 1.86. The van der Waals surface area contributed by atoms with Gasteiger partial charge in [0.25, 0.3) is 5.91 Å². The first-order valence-electron chi connectivity index (χ1n) is 10.7. The van der Waals surface area contributed by atoms with Gasteiger partial charge in [0.2, 0.25) is 5.95 Å². The Labute approximate surface area is 202 Å². The molecule has 34 heavy (non-hydrogen) atoms. The van der Waals surface area contributed by atoms with Gasteiger partial charge in [0.15, 0.2) is 5.82 Å². The summed E-state index contributed by atoms with van der Waals surface area (Å²) in [4.78, 5) is 18.2. The Morgan fingerprint density at radius 1 is 1.06 bits per heavy atom. The van der Waals surface area contributed by atoms with Crippen LogP contribution in [0.25, 0.3) is 11.4 Å². The molecule has 0 spiro atoms. The molecule has 170 valence electrons. The lowest BCUT2D eigenvalue weighted by Crippen LogP contribution is -2.31. The number of allylic oxidation sites excluding steroid dienone is 1. The summed E-state index contributed by atoms with van der Waals surface area (Å²) in [6.07, 6.45) is 0. The van der Waals surface area contributed by atoms with Gasteiger partial charge in [0.05, 0.1) is 17.7 Å². The summed E-state index contributed by atoms with van der Waals surface area (Å²) in [5.41, 5.74) is 3.48. The lowest BCUT2D eigenvalue weighted by molar-refractivity contribution is -0.113. The molecule has 0 saturated carbocycles. The number of rotatable bonds is 5. The molecule has 7 nitrogen and oxygen atoms in total. The van der Waals surface area contributed by atoms with Gasteiger partial charge in [-0.05, 0) is 48.9 Å². The van der Waals surface area contributed by atoms with Crippen LogP contribution in [0.5, 0.6) is 5.75 Å². The number of nitrogens with one attached hydrogen (secondary N) is 2. The number of aromatic nitrogens is 3. The zero-order valence-corrected chi connectivity index (χ0v) is 19.4. The monoisotopic (exact) mass is 471 g/mol. The van der Waals surface area contributed by atoms with Crippen LogP contribution in [-0.2, 0) is 4.79 Å². The molecule has 5 rings (SSSR count). The molecule has 1 aliphatic heterocycles. The molecule has 0 bridgehead atoms. The van der Waals surface area contributed by atoms with Crippen molar-refractivity contribution < 1.29 is 9.53 Å². The van der Waals surface area contributed by atoms with Gasteiger partial charge in [-0.25, -0.2) is 4.68 Å². The van der Waals surface area contributed by atoms with Crippen molar-refractivity contribution in [1.29, 1.82) is 0 Å². The van der Waals surface area contributed by atoms with Gasteiger partial charge in [-0.2, -0.15) is 4.98 Å². The molecule has 8 heteroatoms. The Morgan fingerprint density at radius 3 is 2.59 bits per heavy atom. The minimum atomic E-state index is -0.529. The topological polar surface area (TPSA) is 81.1 Å². The van der Waals surface area contributed by atoms with E-state index in [1.54, 1.807) is 17.9 Å². The van der Waals surface area contributed by atoms with E-state index < -0.39 is 6.04 Å². The molecule has 2 heterocycles. The first-order chi connectivity index (χ1) is 16.5. The van der Waals surface area contributed by atoms with Crippen molar-refractivity contribution in [3.8, 4) is 17.1 Å². The minimum Gasteiger partial charge on any atom is -0.497 e. The number of methoxy groups -OCH3 is 1. The summed E-state index contributed by atoms with van der Waals surface area (Å²) in [5.74, 6) is 1.45. The van der Waals surface area contributed by atoms with Crippen LogP contribution in [0.2, 0.25) is 5.02 Å². The number of nitrogens with zero attached hydrogens (tertiary/aromatic N) is 3. The second kappa shape index (κ2) is 9.03. The fourth-order valence-corrected chi connectivity index (χ4v) is 4.26. The third-order valence-electron chi connectivity index (χ3n) is 5.65. The Kier molecular flexibility index (Phi) is 5.77. The van der Waals surface area contributed by atoms with Gasteiger partial charge in [-0.1, -0.05) is 54.1 Å². The lowest BCUT2D eigenvalue weighted by atomic mass is 9.95. The zero-order valence-electron chi connectivity index (χ0n) is 18.6. The molecule has 2 N–H and O–H groups in total. The lowest BCUT2D eigenvalue weighted by Gasteiger charge is -2.28. The first kappa shape index (κ1) is 21.7. The van der Waals surface area contributed by atoms with Crippen molar-refractivity contribution in [2.24, 2.45) is 0 Å². The molecule has 0 saturated heterocycles. The van der Waals surface area contributed by atoms with E-state index in [1.165, 1.54) is 0 Å². The maximum Gasteiger partial charge on any atom is 0.255 e. The molecule has 1 unspecified atom stereocenters. The van der Waals surface area contributed by atoms with E-state index in [4.69, 9.17) is 21.4 Å². The van der Waals surface area contributed by atoms with Crippen LogP contribution >= 0.6 is 11.6 Å². The number of ether oxygens (including phenoxy) is 1. The molecule has 1 amide bonds. The van der Waals surface area contributed by atoms with E-state index in [1.807, 2.05) is 79.7 Å². The highest BCUT2D eigenvalue weighted by Gasteiger charge is 2.35. The average molecular weight is 472 g/mol. The van der Waals surface area contributed by atoms with E-state index in [0.29, 0.717) is 45.1 Å². The van der Waals surface area contributed by atoms with E-state index >= 15 is 0 Å². The molecule has 1 aromatic heterocycles. The largest absolute Gasteiger partial charge is 0.497 e. The normalized spacial score (nSPS) is 14.9. The zero-order chi connectivity index (χ0) is 23.7. The molecule has 0 aliphatic carbocycles. The molecular weight excluding hydrogens is 450 g/mol. The van der Waals surface area contributed by atoms with Crippen LogP contribution in [0, 0.1) is 0 Å². The highest BCUT2D eigenvalue weighted by Crippen LogP contribution is 2.38. The molecule has 3 aromatic carbocycles. The first-order valence-corrected chi connectivity index (χ1v) is 11.1. The third-order valence-corrected chi connectivity index (χ3v) is 5.98. The van der Waals surface area contributed by atoms with Crippen molar-refractivity contribution >= 4 is 29.1 Å². The van der Waals surface area contributed by atoms with E-state index in [9.17, 15) is 4.79 Å². The van der Waals surface area contributed by atoms with Crippen LogP contribution in [0.3, 0.4) is 0 Å². The molecule has 0 fully saturated rings. The van der Waals surface area contributed by atoms with E-state index in [0.717, 1.165) is 5.56 Å². The van der Waals surface area contributed by atoms with Crippen molar-refractivity contribution in [3.05, 3.63) is 101 Å². The van der Waals surface area contributed by atoms with Crippen molar-refractivity contribution in [2.45, 2.75) is 13.0 Å². The molecular formula is C26H22ClN5O2. The second-order valence-corrected chi connectivity index (χ2v) is 8.25. The van der Waals surface area contributed by atoms with Gasteiger partial charge < -0.3 is 15.4 Å². The van der Waals surface area contributed by atoms with E-state index in [-0.39, 0.29) is 5.91 Å².